The van der Waals surface area contributed by atoms with E-state index in [1.165, 1.54) is 30.2 Å². The predicted molar refractivity (Wildman–Crippen MR) is 128 cm³/mol. The topological polar surface area (TPSA) is 98.3 Å². The number of nitrogens with one attached hydrogen (secondary N) is 1. The van der Waals surface area contributed by atoms with E-state index >= 15 is 0 Å². The number of fused-ring (bicyclic) bond motifs is 3. The molecule has 33 heavy (non-hydrogen) atoms. The van der Waals surface area contributed by atoms with Crippen molar-refractivity contribution in [3.8, 4) is 22.9 Å². The van der Waals surface area contributed by atoms with E-state index in [2.05, 4.69) is 4.98 Å². The number of ether oxygens (including phenoxy) is 1. The molecule has 0 bridgehead atoms. The number of aromatic amines is 1. The summed E-state index contributed by atoms with van der Waals surface area (Å²) in [5.41, 5.74) is 2.51. The normalized spacial score (nSPS) is 13.6. The number of methoxy groups -OCH3 is 1. The van der Waals surface area contributed by atoms with Gasteiger partial charge >= 0.3 is 10.1 Å². The van der Waals surface area contributed by atoms with Gasteiger partial charge in [0.1, 0.15) is 15.6 Å². The van der Waals surface area contributed by atoms with Crippen LogP contribution in [0.3, 0.4) is 0 Å². The van der Waals surface area contributed by atoms with Gasteiger partial charge in [-0.05, 0) is 68.5 Å². The Balaban J connectivity index is 1.51. The van der Waals surface area contributed by atoms with Crippen molar-refractivity contribution >= 4 is 31.7 Å². The number of thiophene rings is 1. The van der Waals surface area contributed by atoms with Crippen molar-refractivity contribution in [1.29, 1.82) is 0 Å². The van der Waals surface area contributed by atoms with Gasteiger partial charge in [-0.2, -0.15) is 8.42 Å². The Bertz CT molecular complexity index is 1520. The minimum absolute atomic E-state index is 0.0526. The summed E-state index contributed by atoms with van der Waals surface area (Å²) < 4.78 is 36.1. The van der Waals surface area contributed by atoms with Crippen LogP contribution in [-0.2, 0) is 23.0 Å². The lowest BCUT2D eigenvalue weighted by Crippen LogP contribution is -2.12. The molecule has 9 heteroatoms. The van der Waals surface area contributed by atoms with Gasteiger partial charge in [-0.15, -0.1) is 11.3 Å². The first-order valence-corrected chi connectivity index (χ1v) is 12.8. The van der Waals surface area contributed by atoms with Gasteiger partial charge in [0, 0.05) is 10.4 Å². The van der Waals surface area contributed by atoms with Gasteiger partial charge < -0.3 is 13.9 Å². The van der Waals surface area contributed by atoms with E-state index in [1.54, 1.807) is 35.6 Å². The molecule has 2 aromatic carbocycles. The number of hydrogen-bond acceptors (Lipinski definition) is 7. The van der Waals surface area contributed by atoms with Crippen LogP contribution in [-0.4, -0.2) is 25.5 Å². The largest absolute Gasteiger partial charge is 0.493 e. The smallest absolute Gasteiger partial charge is 0.339 e. The number of nitrogens with zero attached hydrogens (tertiary/aromatic N) is 1. The fourth-order valence-corrected chi connectivity index (χ4v) is 6.26. The van der Waals surface area contributed by atoms with Crippen molar-refractivity contribution in [1.82, 2.24) is 9.97 Å². The third kappa shape index (κ3) is 4.02. The number of H-pyrrole nitrogens is 1. The van der Waals surface area contributed by atoms with E-state index in [-0.39, 0.29) is 22.0 Å². The molecule has 2 aromatic heterocycles. The lowest BCUT2D eigenvalue weighted by Gasteiger charge is -2.12. The summed E-state index contributed by atoms with van der Waals surface area (Å²) in [6, 6.07) is 11.2. The number of aryl methyl sites for hydroxylation is 3. The van der Waals surface area contributed by atoms with Crippen molar-refractivity contribution in [2.45, 2.75) is 37.5 Å². The van der Waals surface area contributed by atoms with Gasteiger partial charge in [-0.3, -0.25) is 4.79 Å². The molecule has 0 atom stereocenters. The molecule has 1 N–H and O–H groups in total. The second-order valence-corrected chi connectivity index (χ2v) is 10.7. The van der Waals surface area contributed by atoms with Crippen LogP contribution in [0.15, 0.2) is 52.2 Å². The molecule has 2 heterocycles. The molecule has 4 aromatic rings. The number of hydrogen-bond donors (Lipinski definition) is 1. The molecule has 5 rings (SSSR count). The third-order valence-corrected chi connectivity index (χ3v) is 8.21. The Morgan fingerprint density at radius 1 is 1.03 bits per heavy atom. The molecular weight excluding hydrogens is 460 g/mol. The van der Waals surface area contributed by atoms with Gasteiger partial charge in [-0.1, -0.05) is 17.7 Å². The van der Waals surface area contributed by atoms with Crippen LogP contribution >= 0.6 is 11.3 Å². The van der Waals surface area contributed by atoms with E-state index < -0.39 is 10.1 Å². The SMILES string of the molecule is COc1cc(-c2nc3sc4c(c3c(=O)[nH]2)CCCC4)ccc1OS(=O)(=O)c1ccc(C)cc1. The second kappa shape index (κ2) is 8.31. The molecule has 0 unspecified atom stereocenters. The molecule has 7 nitrogen and oxygen atoms in total. The second-order valence-electron chi connectivity index (χ2n) is 8.02. The summed E-state index contributed by atoms with van der Waals surface area (Å²) in [7, 11) is -2.60. The predicted octanol–water partition coefficient (Wildman–Crippen LogP) is 4.62. The maximum Gasteiger partial charge on any atom is 0.339 e. The quantitative estimate of drug-likeness (QED) is 0.417. The highest BCUT2D eigenvalue weighted by Crippen LogP contribution is 2.36. The van der Waals surface area contributed by atoms with Gasteiger partial charge in [0.15, 0.2) is 11.5 Å². The Labute approximate surface area is 195 Å². The van der Waals surface area contributed by atoms with E-state index in [4.69, 9.17) is 13.9 Å². The first-order chi connectivity index (χ1) is 15.9. The van der Waals surface area contributed by atoms with E-state index in [0.717, 1.165) is 41.6 Å². The van der Waals surface area contributed by atoms with Crippen LogP contribution in [0.25, 0.3) is 21.6 Å². The standard InChI is InChI=1S/C24H22N2O5S2/c1-14-7-10-16(11-8-14)33(28,29)31-18-12-9-15(13-19(18)30-2)22-25-23(27)21-17-5-3-4-6-20(17)32-24(21)26-22/h7-13H,3-6H2,1-2H3,(H,25,26,27). The van der Waals surface area contributed by atoms with Crippen LogP contribution < -0.4 is 14.5 Å². The zero-order valence-electron chi connectivity index (χ0n) is 18.2. The molecule has 0 fully saturated rings. The van der Waals surface area contributed by atoms with E-state index in [0.29, 0.717) is 16.8 Å². The number of aromatic nitrogens is 2. The fraction of sp³-hybridized carbons (Fsp3) is 0.250. The minimum atomic E-state index is -4.03. The van der Waals surface area contributed by atoms with E-state index in [9.17, 15) is 13.2 Å². The molecule has 170 valence electrons. The maximum absolute atomic E-state index is 12.9. The summed E-state index contributed by atoms with van der Waals surface area (Å²) in [5.74, 6) is 0.672. The summed E-state index contributed by atoms with van der Waals surface area (Å²) in [4.78, 5) is 22.5. The Morgan fingerprint density at radius 3 is 2.55 bits per heavy atom. The summed E-state index contributed by atoms with van der Waals surface area (Å²) in [5, 5.41) is 0.689. The molecule has 0 saturated heterocycles. The molecule has 1 aliphatic rings. The van der Waals surface area contributed by atoms with Gasteiger partial charge in [-0.25, -0.2) is 4.98 Å². The molecule has 0 amide bonds. The third-order valence-electron chi connectivity index (χ3n) is 5.77. The van der Waals surface area contributed by atoms with Crippen molar-refractivity contribution < 1.29 is 17.3 Å². The zero-order chi connectivity index (χ0) is 23.2. The summed E-state index contributed by atoms with van der Waals surface area (Å²) >= 11 is 1.58. The van der Waals surface area contributed by atoms with Crippen LogP contribution in [0.4, 0.5) is 0 Å². The van der Waals surface area contributed by atoms with E-state index in [1.807, 2.05) is 6.92 Å². The fourth-order valence-electron chi connectivity index (χ4n) is 4.06. The first kappa shape index (κ1) is 21.7. The Morgan fingerprint density at radius 2 is 1.79 bits per heavy atom. The molecule has 0 spiro atoms. The minimum Gasteiger partial charge on any atom is -0.493 e. The van der Waals surface area contributed by atoms with Crippen molar-refractivity contribution in [2.75, 3.05) is 7.11 Å². The van der Waals surface area contributed by atoms with Gasteiger partial charge in [0.25, 0.3) is 5.56 Å². The van der Waals surface area contributed by atoms with Crippen molar-refractivity contribution in [3.05, 3.63) is 68.8 Å². The number of benzene rings is 2. The highest BCUT2D eigenvalue weighted by atomic mass is 32.2. The Hall–Kier alpha value is -3.17. The van der Waals surface area contributed by atoms with Gasteiger partial charge in [0.2, 0.25) is 0 Å². The van der Waals surface area contributed by atoms with Crippen LogP contribution in [0.1, 0.15) is 28.8 Å². The first-order valence-electron chi connectivity index (χ1n) is 10.6. The average Bonchev–Trinajstić information content (AvgIpc) is 3.18. The molecule has 0 saturated carbocycles. The lowest BCUT2D eigenvalue weighted by atomic mass is 9.97. The van der Waals surface area contributed by atoms with Crippen LogP contribution in [0, 0.1) is 6.92 Å². The molecule has 0 radical (unpaired) electrons. The van der Waals surface area contributed by atoms with Gasteiger partial charge in [0.05, 0.1) is 12.5 Å². The monoisotopic (exact) mass is 482 g/mol. The average molecular weight is 483 g/mol. The summed E-state index contributed by atoms with van der Waals surface area (Å²) in [6.07, 6.45) is 4.12. The highest BCUT2D eigenvalue weighted by molar-refractivity contribution is 7.87. The summed E-state index contributed by atoms with van der Waals surface area (Å²) in [6.45, 7) is 1.88. The molecule has 1 aliphatic carbocycles. The molecular formula is C24H22N2O5S2. The van der Waals surface area contributed by atoms with Crippen LogP contribution in [0.5, 0.6) is 11.5 Å². The zero-order valence-corrected chi connectivity index (χ0v) is 19.8. The van der Waals surface area contributed by atoms with Crippen molar-refractivity contribution in [2.24, 2.45) is 0 Å². The Kier molecular flexibility index (Phi) is 5.46. The number of rotatable bonds is 5. The lowest BCUT2D eigenvalue weighted by molar-refractivity contribution is 0.390. The van der Waals surface area contributed by atoms with Crippen LogP contribution in [0.2, 0.25) is 0 Å². The molecule has 0 aliphatic heterocycles. The van der Waals surface area contributed by atoms with Crippen molar-refractivity contribution in [3.63, 3.8) is 0 Å². The highest BCUT2D eigenvalue weighted by Gasteiger charge is 2.22. The maximum atomic E-state index is 12.9.